The summed E-state index contributed by atoms with van der Waals surface area (Å²) in [6.07, 6.45) is 0.155. The highest BCUT2D eigenvalue weighted by Gasteiger charge is 2.31. The van der Waals surface area contributed by atoms with E-state index in [1.165, 1.54) is 12.1 Å². The predicted molar refractivity (Wildman–Crippen MR) is 81.5 cm³/mol. The molecule has 1 atom stereocenters. The smallest absolute Gasteiger partial charge is 0.309 e. The molecule has 0 spiro atoms. The maximum Gasteiger partial charge on any atom is 0.309 e. The molecule has 22 heavy (non-hydrogen) atoms. The van der Waals surface area contributed by atoms with Crippen LogP contribution < -0.4 is 0 Å². The van der Waals surface area contributed by atoms with Crippen LogP contribution >= 0.6 is 28.1 Å². The molecule has 2 N–H and O–H groups in total. The number of hydrogen-bond donors (Lipinski definition) is 2. The van der Waals surface area contributed by atoms with E-state index in [0.29, 0.717) is 29.1 Å². The number of carboxylic acids is 1. The monoisotopic (exact) mass is 388 g/mol. The number of benzene rings is 1. The minimum absolute atomic E-state index is 0.00810. The van der Waals surface area contributed by atoms with Crippen LogP contribution in [0.15, 0.2) is 16.6 Å². The zero-order valence-electron chi connectivity index (χ0n) is 11.2. The molecule has 0 unspecified atom stereocenters. The number of nitrogens with zero attached hydrogens (tertiary/aromatic N) is 1. The number of H-pyrrole nitrogens is 1. The summed E-state index contributed by atoms with van der Waals surface area (Å²) >= 11 is 8.23. The molecular weight excluding hydrogens is 378 g/mol. The largest absolute Gasteiger partial charge is 0.481 e. The van der Waals surface area contributed by atoms with E-state index >= 15 is 0 Å². The van der Waals surface area contributed by atoms with Crippen LogP contribution in [0.3, 0.4) is 0 Å². The summed E-state index contributed by atoms with van der Waals surface area (Å²) in [6, 6.07) is 2.54. The second-order valence-electron chi connectivity index (χ2n) is 5.19. The first kappa shape index (κ1) is 15.4. The van der Waals surface area contributed by atoms with Crippen molar-refractivity contribution in [3.63, 3.8) is 0 Å². The summed E-state index contributed by atoms with van der Waals surface area (Å²) < 4.78 is 30.6. The third-order valence-corrected chi connectivity index (χ3v) is 4.77. The lowest BCUT2D eigenvalue weighted by Gasteiger charge is -2.13. The third kappa shape index (κ3) is 2.50. The molecular formula is C14H11BrF2N2O2S. The first-order valence-corrected chi connectivity index (χ1v) is 7.74. The van der Waals surface area contributed by atoms with Crippen LogP contribution in [0, 0.1) is 16.4 Å². The Labute approximate surface area is 137 Å². The van der Waals surface area contributed by atoms with Crippen LogP contribution in [0.4, 0.5) is 8.78 Å². The van der Waals surface area contributed by atoms with Crippen LogP contribution in [0.2, 0.25) is 0 Å². The van der Waals surface area contributed by atoms with E-state index in [4.69, 9.17) is 17.3 Å². The molecule has 0 bridgehead atoms. The van der Waals surface area contributed by atoms with Crippen molar-refractivity contribution < 1.29 is 18.7 Å². The molecule has 2 heterocycles. The Morgan fingerprint density at radius 2 is 2.23 bits per heavy atom. The minimum atomic E-state index is -0.983. The highest BCUT2D eigenvalue weighted by Crippen LogP contribution is 2.36. The van der Waals surface area contributed by atoms with Crippen molar-refractivity contribution in [3.05, 3.63) is 50.0 Å². The van der Waals surface area contributed by atoms with Crippen LogP contribution in [-0.4, -0.2) is 20.6 Å². The summed E-state index contributed by atoms with van der Waals surface area (Å²) in [5.41, 5.74) is 1.21. The van der Waals surface area contributed by atoms with E-state index in [1.807, 2.05) is 0 Å². The highest BCUT2D eigenvalue weighted by atomic mass is 79.9. The van der Waals surface area contributed by atoms with Gasteiger partial charge in [-0.25, -0.2) is 8.78 Å². The van der Waals surface area contributed by atoms with E-state index in [1.54, 1.807) is 4.57 Å². The van der Waals surface area contributed by atoms with Gasteiger partial charge in [-0.3, -0.25) is 4.79 Å². The molecule has 0 radical (unpaired) electrons. The van der Waals surface area contributed by atoms with Crippen LogP contribution in [-0.2, 0) is 24.2 Å². The molecule has 0 saturated heterocycles. The number of aliphatic carboxylic acids is 1. The maximum absolute atomic E-state index is 14.2. The molecule has 0 amide bonds. The van der Waals surface area contributed by atoms with Gasteiger partial charge < -0.3 is 14.7 Å². The van der Waals surface area contributed by atoms with E-state index in [2.05, 4.69) is 20.9 Å². The Kier molecular flexibility index (Phi) is 3.90. The van der Waals surface area contributed by atoms with Crippen LogP contribution in [0.1, 0.15) is 22.9 Å². The Balaban J connectivity index is 2.01. The molecule has 0 fully saturated rings. The van der Waals surface area contributed by atoms with Gasteiger partial charge in [0.15, 0.2) is 4.77 Å². The fourth-order valence-electron chi connectivity index (χ4n) is 2.91. The van der Waals surface area contributed by atoms with Crippen molar-refractivity contribution in [1.29, 1.82) is 0 Å². The summed E-state index contributed by atoms with van der Waals surface area (Å²) in [4.78, 5) is 13.8. The van der Waals surface area contributed by atoms with Crippen molar-refractivity contribution in [1.82, 2.24) is 9.55 Å². The minimum Gasteiger partial charge on any atom is -0.481 e. The number of carbonyl (C=O) groups is 1. The van der Waals surface area contributed by atoms with Crippen molar-refractivity contribution >= 4 is 34.1 Å². The standard InChI is InChI=1S/C14H11BrF2N2O2S/c15-7-1-2-8(16)12(13(7)17)6-3-10-9(4-11(20)21)18-14(22)19(10)5-6/h1-2,6H,3-5H2,(H,18,22)(H,20,21)/t6-/m1/s1. The molecule has 0 saturated carbocycles. The molecule has 1 aromatic carbocycles. The zero-order chi connectivity index (χ0) is 16.0. The normalized spacial score (nSPS) is 16.8. The van der Waals surface area contributed by atoms with Crippen LogP contribution in [0.5, 0.6) is 0 Å². The molecule has 116 valence electrons. The third-order valence-electron chi connectivity index (χ3n) is 3.84. The van der Waals surface area contributed by atoms with Gasteiger partial charge in [-0.15, -0.1) is 0 Å². The fourth-order valence-corrected chi connectivity index (χ4v) is 3.56. The first-order valence-electron chi connectivity index (χ1n) is 6.54. The van der Waals surface area contributed by atoms with E-state index in [-0.39, 0.29) is 16.5 Å². The molecule has 4 nitrogen and oxygen atoms in total. The number of aromatic amines is 1. The van der Waals surface area contributed by atoms with Gasteiger partial charge in [0, 0.05) is 29.4 Å². The lowest BCUT2D eigenvalue weighted by molar-refractivity contribution is -0.136. The summed E-state index contributed by atoms with van der Waals surface area (Å²) in [5.74, 6) is -2.61. The molecule has 1 aromatic heterocycles. The van der Waals surface area contributed by atoms with Crippen molar-refractivity contribution in [2.75, 3.05) is 0 Å². The number of rotatable bonds is 3. The SMILES string of the molecule is O=C(O)Cc1[nH]c(=S)n2c1C[C@@H](c1c(F)ccc(Br)c1F)C2. The molecule has 0 aliphatic carbocycles. The lowest BCUT2D eigenvalue weighted by atomic mass is 9.95. The Morgan fingerprint density at radius 1 is 1.50 bits per heavy atom. The van der Waals surface area contributed by atoms with Gasteiger partial charge >= 0.3 is 5.97 Å². The van der Waals surface area contributed by atoms with Gasteiger partial charge in [-0.2, -0.15) is 0 Å². The summed E-state index contributed by atoms with van der Waals surface area (Å²) in [5, 5.41) is 8.93. The molecule has 1 aliphatic heterocycles. The quantitative estimate of drug-likeness (QED) is 0.624. The van der Waals surface area contributed by atoms with Crippen molar-refractivity contribution in [2.45, 2.75) is 25.3 Å². The van der Waals surface area contributed by atoms with Gasteiger partial charge in [0.2, 0.25) is 0 Å². The van der Waals surface area contributed by atoms with Gasteiger partial charge in [-0.05, 0) is 46.7 Å². The number of carboxylic acid groups (broad SMARTS) is 1. The van der Waals surface area contributed by atoms with Gasteiger partial charge in [0.25, 0.3) is 0 Å². The Hall–Kier alpha value is -1.54. The number of imidazole rings is 1. The molecule has 2 aromatic rings. The van der Waals surface area contributed by atoms with Gasteiger partial charge in [-0.1, -0.05) is 0 Å². The zero-order valence-corrected chi connectivity index (χ0v) is 13.6. The summed E-state index contributed by atoms with van der Waals surface area (Å²) in [7, 11) is 0. The number of fused-ring (bicyclic) bond motifs is 1. The van der Waals surface area contributed by atoms with Gasteiger partial charge in [0.05, 0.1) is 10.9 Å². The molecule has 8 heteroatoms. The highest BCUT2D eigenvalue weighted by molar-refractivity contribution is 9.10. The van der Waals surface area contributed by atoms with E-state index in [0.717, 1.165) is 0 Å². The number of hydrogen-bond acceptors (Lipinski definition) is 2. The topological polar surface area (TPSA) is 58.0 Å². The van der Waals surface area contributed by atoms with Crippen molar-refractivity contribution in [2.24, 2.45) is 0 Å². The average molecular weight is 389 g/mol. The predicted octanol–water partition coefficient (Wildman–Crippen LogP) is 3.55. The van der Waals surface area contributed by atoms with E-state index < -0.39 is 23.5 Å². The Bertz CT molecular complexity index is 831. The average Bonchev–Trinajstić information content (AvgIpc) is 2.97. The maximum atomic E-state index is 14.2. The number of nitrogens with one attached hydrogen (secondary N) is 1. The fraction of sp³-hybridized carbons (Fsp3) is 0.286. The summed E-state index contributed by atoms with van der Waals surface area (Å²) in [6.45, 7) is 0.328. The Morgan fingerprint density at radius 3 is 2.91 bits per heavy atom. The second kappa shape index (κ2) is 5.58. The van der Waals surface area contributed by atoms with Crippen LogP contribution in [0.25, 0.3) is 0 Å². The number of halogens is 3. The lowest BCUT2D eigenvalue weighted by Crippen LogP contribution is -2.08. The van der Waals surface area contributed by atoms with Crippen molar-refractivity contribution in [3.8, 4) is 0 Å². The van der Waals surface area contributed by atoms with E-state index in [9.17, 15) is 13.6 Å². The van der Waals surface area contributed by atoms with Gasteiger partial charge in [0.1, 0.15) is 11.6 Å². The first-order chi connectivity index (χ1) is 10.4. The molecule has 3 rings (SSSR count). The molecule has 1 aliphatic rings. The second-order valence-corrected chi connectivity index (χ2v) is 6.44. The number of aromatic nitrogens is 2.